The molecule has 0 aliphatic carbocycles. The van der Waals surface area contributed by atoms with Crippen LogP contribution in [0.15, 0.2) is 48.5 Å². The lowest BCUT2D eigenvalue weighted by Crippen LogP contribution is -2.48. The lowest BCUT2D eigenvalue weighted by Gasteiger charge is -2.38. The number of rotatable bonds is 1. The number of hydrogen-bond donors (Lipinski definition) is 2. The van der Waals surface area contributed by atoms with E-state index >= 15 is 0 Å². The van der Waals surface area contributed by atoms with Crippen LogP contribution in [0.5, 0.6) is 5.75 Å². The minimum atomic E-state index is -0.864. The van der Waals surface area contributed by atoms with Gasteiger partial charge in [0.1, 0.15) is 19.7 Å². The molecule has 4 rings (SSSR count). The first kappa shape index (κ1) is 14.3. The Kier molecular flexibility index (Phi) is 3.16. The van der Waals surface area contributed by atoms with Crippen molar-refractivity contribution in [1.82, 2.24) is 10.6 Å². The lowest BCUT2D eigenvalue weighted by molar-refractivity contribution is -0.126. The van der Waals surface area contributed by atoms with Crippen molar-refractivity contribution < 1.29 is 9.53 Å². The number of benzene rings is 2. The Morgan fingerprint density at radius 1 is 1.22 bits per heavy atom. The number of nitrogens with one attached hydrogen (secondary N) is 2. The van der Waals surface area contributed by atoms with Crippen molar-refractivity contribution in [3.8, 4) is 5.75 Å². The zero-order valence-corrected chi connectivity index (χ0v) is 13.4. The van der Waals surface area contributed by atoms with E-state index in [0.717, 1.165) is 22.3 Å². The molecule has 0 radical (unpaired) electrons. The molecule has 2 N–H and O–H groups in total. The predicted octanol–water partition coefficient (Wildman–Crippen LogP) is 0.668. The first-order chi connectivity index (χ1) is 11.1. The molecule has 114 valence electrons. The first-order valence-electron chi connectivity index (χ1n) is 7.55. The number of amides is 1. The van der Waals surface area contributed by atoms with Gasteiger partial charge in [-0.2, -0.15) is 0 Å². The van der Waals surface area contributed by atoms with Crippen LogP contribution in [-0.4, -0.2) is 18.9 Å². The summed E-state index contributed by atoms with van der Waals surface area (Å²) in [6.45, 7) is 0. The van der Waals surface area contributed by atoms with Gasteiger partial charge in [0.25, 0.3) is 5.91 Å². The minimum absolute atomic E-state index is 0.112. The second kappa shape index (κ2) is 5.10. The molecule has 2 aromatic carbocycles. The van der Waals surface area contributed by atoms with Crippen LogP contribution in [0, 0.1) is 0 Å². The van der Waals surface area contributed by atoms with Gasteiger partial charge in [-0.25, -0.2) is 0 Å². The van der Waals surface area contributed by atoms with Crippen LogP contribution >= 0.6 is 12.2 Å². The quantitative estimate of drug-likeness (QED) is 0.599. The molecule has 2 aliphatic heterocycles. The fraction of sp³-hybridized carbons (Fsp3) is 0.176. The Bertz CT molecular complexity index is 811. The van der Waals surface area contributed by atoms with E-state index in [2.05, 4.69) is 10.6 Å². The van der Waals surface area contributed by atoms with E-state index in [1.165, 1.54) is 0 Å². The van der Waals surface area contributed by atoms with Gasteiger partial charge >= 0.3 is 0 Å². The van der Waals surface area contributed by atoms with E-state index in [1.54, 1.807) is 0 Å². The molecule has 6 heteroatoms. The fourth-order valence-electron chi connectivity index (χ4n) is 3.34. The van der Waals surface area contributed by atoms with Gasteiger partial charge < -0.3 is 15.4 Å². The smallest absolute Gasteiger partial charge is 0.256 e. The van der Waals surface area contributed by atoms with Crippen LogP contribution in [0.25, 0.3) is 0 Å². The van der Waals surface area contributed by atoms with Crippen LogP contribution in [-0.2, 0) is 10.3 Å². The second-order valence-electron chi connectivity index (χ2n) is 6.03. The zero-order valence-electron chi connectivity index (χ0n) is 12.6. The van der Waals surface area contributed by atoms with Crippen molar-refractivity contribution in [1.29, 1.82) is 0 Å². The molecule has 1 fully saturated rings. The highest BCUT2D eigenvalue weighted by Crippen LogP contribution is 2.45. The average Bonchev–Trinajstić information content (AvgIpc) is 2.83. The highest BCUT2D eigenvalue weighted by Gasteiger charge is 2.52. The first-order valence-corrected chi connectivity index (χ1v) is 7.96. The van der Waals surface area contributed by atoms with Crippen molar-refractivity contribution >= 4 is 36.5 Å². The van der Waals surface area contributed by atoms with E-state index in [9.17, 15) is 4.79 Å². The maximum Gasteiger partial charge on any atom is 0.256 e. The molecule has 2 heterocycles. The molecule has 0 bridgehead atoms. The molecular weight excluding hydrogens is 307 g/mol. The van der Waals surface area contributed by atoms with Crippen molar-refractivity contribution in [3.05, 3.63) is 59.7 Å². The van der Waals surface area contributed by atoms with Gasteiger partial charge in [-0.05, 0) is 23.8 Å². The number of carbonyl (C=O) groups is 1. The summed E-state index contributed by atoms with van der Waals surface area (Å²) in [5.74, 6) is 0.613. The van der Waals surface area contributed by atoms with Crippen LogP contribution < -0.4 is 20.8 Å². The normalized spacial score (nSPS) is 25.5. The van der Waals surface area contributed by atoms with Gasteiger partial charge in [0.05, 0.1) is 0 Å². The summed E-state index contributed by atoms with van der Waals surface area (Å²) in [5, 5.41) is 6.30. The summed E-state index contributed by atoms with van der Waals surface area (Å²) in [5.41, 5.74) is 2.11. The molecule has 4 nitrogen and oxygen atoms in total. The topological polar surface area (TPSA) is 50.4 Å². The van der Waals surface area contributed by atoms with Gasteiger partial charge in [0.15, 0.2) is 10.7 Å². The molecule has 1 amide bonds. The highest BCUT2D eigenvalue weighted by atomic mass is 32.1. The van der Waals surface area contributed by atoms with E-state index in [0.29, 0.717) is 11.5 Å². The summed E-state index contributed by atoms with van der Waals surface area (Å²) in [6.07, 6.45) is 0.296. The SMILES string of the molecule is Bc1ccc2c(c1)C1(CC(c3ccccc3)O2)NC(=S)NC1=O. The molecule has 0 saturated carbocycles. The molecule has 2 aromatic rings. The van der Waals surface area contributed by atoms with Gasteiger partial charge in [-0.15, -0.1) is 0 Å². The molecule has 2 atom stereocenters. The van der Waals surface area contributed by atoms with Crippen molar-refractivity contribution in [2.75, 3.05) is 0 Å². The number of ether oxygens (including phenoxy) is 1. The Balaban J connectivity index is 1.86. The largest absolute Gasteiger partial charge is 0.485 e. The second-order valence-corrected chi connectivity index (χ2v) is 6.44. The molecular formula is C17H15BN2O2S. The maximum atomic E-state index is 12.7. The Hall–Kier alpha value is -2.34. The Labute approximate surface area is 140 Å². The predicted molar refractivity (Wildman–Crippen MR) is 94.6 cm³/mol. The Morgan fingerprint density at radius 2 is 2.00 bits per heavy atom. The zero-order chi connectivity index (χ0) is 16.0. The summed E-state index contributed by atoms with van der Waals surface area (Å²) >= 11 is 5.18. The maximum absolute atomic E-state index is 12.7. The monoisotopic (exact) mass is 322 g/mol. The Morgan fingerprint density at radius 3 is 2.70 bits per heavy atom. The van der Waals surface area contributed by atoms with Crippen LogP contribution in [0.1, 0.15) is 23.7 Å². The molecule has 1 spiro atoms. The molecule has 2 unspecified atom stereocenters. The standard InChI is InChI=1S/C17H15BN2O2S/c18-11-6-7-13-12(8-11)17(15(21)19-16(23)20-17)9-14(22-13)10-4-2-1-3-5-10/h1-8,14H,9,18H2,(H2,19,20,21,23). The summed E-state index contributed by atoms with van der Waals surface area (Å²) in [6, 6.07) is 15.9. The summed E-state index contributed by atoms with van der Waals surface area (Å²) in [7, 11) is 2.00. The van der Waals surface area contributed by atoms with Gasteiger partial charge in [-0.3, -0.25) is 4.79 Å². The van der Waals surface area contributed by atoms with E-state index < -0.39 is 5.54 Å². The van der Waals surface area contributed by atoms with Crippen molar-refractivity contribution in [2.24, 2.45) is 0 Å². The third-order valence-corrected chi connectivity index (χ3v) is 4.67. The summed E-state index contributed by atoms with van der Waals surface area (Å²) < 4.78 is 6.18. The number of thiocarbonyl (C=S) groups is 1. The lowest BCUT2D eigenvalue weighted by atomic mass is 9.78. The number of hydrogen-bond acceptors (Lipinski definition) is 3. The molecule has 1 saturated heterocycles. The fourth-order valence-corrected chi connectivity index (χ4v) is 3.61. The van der Waals surface area contributed by atoms with Gasteiger partial charge in [0, 0.05) is 12.0 Å². The molecule has 0 aromatic heterocycles. The van der Waals surface area contributed by atoms with E-state index in [1.807, 2.05) is 56.4 Å². The average molecular weight is 322 g/mol. The molecule has 2 aliphatic rings. The number of fused-ring (bicyclic) bond motifs is 2. The van der Waals surface area contributed by atoms with Crippen LogP contribution in [0.2, 0.25) is 0 Å². The van der Waals surface area contributed by atoms with E-state index in [-0.39, 0.29) is 12.0 Å². The van der Waals surface area contributed by atoms with Crippen LogP contribution in [0.3, 0.4) is 0 Å². The van der Waals surface area contributed by atoms with Gasteiger partial charge in [-0.1, -0.05) is 47.9 Å². The highest BCUT2D eigenvalue weighted by molar-refractivity contribution is 7.80. The third kappa shape index (κ3) is 2.21. The van der Waals surface area contributed by atoms with Crippen LogP contribution in [0.4, 0.5) is 0 Å². The molecule has 23 heavy (non-hydrogen) atoms. The van der Waals surface area contributed by atoms with Crippen molar-refractivity contribution in [2.45, 2.75) is 18.1 Å². The van der Waals surface area contributed by atoms with Gasteiger partial charge in [0.2, 0.25) is 0 Å². The summed E-state index contributed by atoms with van der Waals surface area (Å²) in [4.78, 5) is 12.7. The minimum Gasteiger partial charge on any atom is -0.485 e. The third-order valence-electron chi connectivity index (χ3n) is 4.47. The number of carbonyl (C=O) groups excluding carboxylic acids is 1. The van der Waals surface area contributed by atoms with Crippen molar-refractivity contribution in [3.63, 3.8) is 0 Å². The van der Waals surface area contributed by atoms with E-state index in [4.69, 9.17) is 17.0 Å².